The maximum absolute atomic E-state index is 6.87. The van der Waals surface area contributed by atoms with Crippen molar-refractivity contribution in [2.45, 2.75) is 5.41 Å². The minimum Gasteiger partial charge on any atom is -0.457 e. The quantitative estimate of drug-likeness (QED) is 0.193. The number of hydrogen-bond donors (Lipinski definition) is 0. The third-order valence-corrected chi connectivity index (χ3v) is 10.3. The molecule has 1 aliphatic carbocycles. The van der Waals surface area contributed by atoms with E-state index >= 15 is 0 Å². The van der Waals surface area contributed by atoms with Gasteiger partial charge in [0.1, 0.15) is 11.5 Å². The Bertz CT molecular complexity index is 2490. The van der Waals surface area contributed by atoms with E-state index in [4.69, 9.17) is 4.74 Å². The molecule has 2 nitrogen and oxygen atoms in total. The Morgan fingerprint density at radius 2 is 0.980 bits per heavy atom. The van der Waals surface area contributed by atoms with Crippen LogP contribution >= 0.6 is 0 Å². The van der Waals surface area contributed by atoms with Gasteiger partial charge in [-0.2, -0.15) is 0 Å². The molecule has 0 radical (unpaired) electrons. The second-order valence-corrected chi connectivity index (χ2v) is 12.9. The summed E-state index contributed by atoms with van der Waals surface area (Å²) in [5.74, 6) is 1.78. The highest BCUT2D eigenvalue weighted by atomic mass is 16.5. The average Bonchev–Trinajstić information content (AvgIpc) is 3.45. The summed E-state index contributed by atoms with van der Waals surface area (Å²) in [6.07, 6.45) is 0. The molecule has 10 rings (SSSR count). The molecule has 0 aromatic heterocycles. The zero-order chi connectivity index (χ0) is 32.4. The topological polar surface area (TPSA) is 12.5 Å². The predicted octanol–water partition coefficient (Wildman–Crippen LogP) is 12.4. The number of para-hydroxylation sites is 3. The van der Waals surface area contributed by atoms with Gasteiger partial charge in [0.05, 0.1) is 5.41 Å². The highest BCUT2D eigenvalue weighted by Gasteiger charge is 2.51. The van der Waals surface area contributed by atoms with E-state index < -0.39 is 5.41 Å². The molecule has 2 aliphatic rings. The number of rotatable bonds is 4. The van der Waals surface area contributed by atoms with Crippen molar-refractivity contribution in [2.75, 3.05) is 4.90 Å². The summed E-state index contributed by atoms with van der Waals surface area (Å²) in [7, 11) is 0. The fraction of sp³-hybridized carbons (Fsp3) is 0.0213. The molecule has 1 unspecified atom stereocenters. The van der Waals surface area contributed by atoms with Crippen molar-refractivity contribution in [1.29, 1.82) is 0 Å². The van der Waals surface area contributed by atoms with E-state index in [1.165, 1.54) is 38.6 Å². The Hall–Kier alpha value is -6.38. The zero-order valence-corrected chi connectivity index (χ0v) is 26.8. The van der Waals surface area contributed by atoms with E-state index in [2.05, 4.69) is 193 Å². The zero-order valence-electron chi connectivity index (χ0n) is 26.8. The van der Waals surface area contributed by atoms with Crippen LogP contribution in [0.4, 0.5) is 17.1 Å². The van der Waals surface area contributed by atoms with Crippen molar-refractivity contribution >= 4 is 27.8 Å². The molecule has 1 aliphatic heterocycles. The third kappa shape index (κ3) is 4.07. The summed E-state index contributed by atoms with van der Waals surface area (Å²) >= 11 is 0. The van der Waals surface area contributed by atoms with E-state index in [0.717, 1.165) is 45.3 Å². The van der Waals surface area contributed by atoms with Crippen molar-refractivity contribution in [3.63, 3.8) is 0 Å². The Labute approximate surface area is 286 Å². The Kier molecular flexibility index (Phi) is 6.13. The summed E-state index contributed by atoms with van der Waals surface area (Å²) in [4.78, 5) is 2.35. The Balaban J connectivity index is 1.25. The lowest BCUT2D eigenvalue weighted by molar-refractivity contribution is 0.436. The van der Waals surface area contributed by atoms with Crippen molar-refractivity contribution in [1.82, 2.24) is 0 Å². The lowest BCUT2D eigenvalue weighted by Gasteiger charge is -2.40. The first-order chi connectivity index (χ1) is 24.3. The minimum atomic E-state index is -0.567. The fourth-order valence-electron chi connectivity index (χ4n) is 8.28. The van der Waals surface area contributed by atoms with Gasteiger partial charge in [0.15, 0.2) is 0 Å². The van der Waals surface area contributed by atoms with Crippen LogP contribution < -0.4 is 9.64 Å². The molecule has 0 saturated heterocycles. The van der Waals surface area contributed by atoms with Gasteiger partial charge in [-0.3, -0.25) is 0 Å². The highest BCUT2D eigenvalue weighted by Crippen LogP contribution is 2.63. The van der Waals surface area contributed by atoms with Gasteiger partial charge in [-0.05, 0) is 92.7 Å². The summed E-state index contributed by atoms with van der Waals surface area (Å²) in [6, 6.07) is 67.8. The molecule has 0 fully saturated rings. The van der Waals surface area contributed by atoms with E-state index in [1.807, 2.05) is 0 Å². The first-order valence-corrected chi connectivity index (χ1v) is 16.9. The molecule has 8 aromatic carbocycles. The smallest absolute Gasteiger partial charge is 0.132 e. The normalized spacial score (nSPS) is 15.2. The van der Waals surface area contributed by atoms with Gasteiger partial charge in [0.25, 0.3) is 0 Å². The van der Waals surface area contributed by atoms with Gasteiger partial charge < -0.3 is 9.64 Å². The molecule has 8 aromatic rings. The van der Waals surface area contributed by atoms with Crippen molar-refractivity contribution < 1.29 is 4.74 Å². The molecule has 1 spiro atoms. The van der Waals surface area contributed by atoms with Crippen LogP contribution in [0.25, 0.3) is 33.0 Å². The van der Waals surface area contributed by atoms with Gasteiger partial charge in [-0.25, -0.2) is 0 Å². The second-order valence-electron chi connectivity index (χ2n) is 12.9. The maximum atomic E-state index is 6.87. The molecule has 0 saturated carbocycles. The molecular weight excluding hydrogens is 595 g/mol. The van der Waals surface area contributed by atoms with Gasteiger partial charge in [-0.15, -0.1) is 0 Å². The number of fused-ring (bicyclic) bond motifs is 10. The molecule has 0 amide bonds. The summed E-state index contributed by atoms with van der Waals surface area (Å²) in [6.45, 7) is 0. The van der Waals surface area contributed by atoms with E-state index in [9.17, 15) is 0 Å². The first kappa shape index (κ1) is 27.7. The van der Waals surface area contributed by atoms with Gasteiger partial charge in [0, 0.05) is 28.2 Å². The summed E-state index contributed by atoms with van der Waals surface area (Å²) in [5.41, 5.74) is 12.5. The molecule has 49 heavy (non-hydrogen) atoms. The van der Waals surface area contributed by atoms with Crippen LogP contribution in [0, 0.1) is 0 Å². The Morgan fingerprint density at radius 1 is 0.367 bits per heavy atom. The molecule has 1 atom stereocenters. The lowest BCUT2D eigenvalue weighted by atomic mass is 9.66. The molecule has 2 heteroatoms. The minimum absolute atomic E-state index is 0.567. The number of nitrogens with zero attached hydrogens (tertiary/aromatic N) is 1. The van der Waals surface area contributed by atoms with E-state index in [-0.39, 0.29) is 0 Å². The van der Waals surface area contributed by atoms with Crippen LogP contribution in [-0.2, 0) is 5.41 Å². The molecular formula is C47H31NO. The van der Waals surface area contributed by atoms with Crippen LogP contribution in [-0.4, -0.2) is 0 Å². The molecule has 0 bridgehead atoms. The van der Waals surface area contributed by atoms with Gasteiger partial charge in [0.2, 0.25) is 0 Å². The third-order valence-electron chi connectivity index (χ3n) is 10.3. The fourth-order valence-corrected chi connectivity index (χ4v) is 8.28. The van der Waals surface area contributed by atoms with Crippen molar-refractivity contribution in [3.05, 3.63) is 210 Å². The number of benzene rings is 8. The molecule has 0 N–H and O–H groups in total. The summed E-state index contributed by atoms with van der Waals surface area (Å²) < 4.78 is 6.87. The highest BCUT2D eigenvalue weighted by molar-refractivity contribution is 5.97. The number of hydrogen-bond acceptors (Lipinski definition) is 2. The molecule has 230 valence electrons. The first-order valence-electron chi connectivity index (χ1n) is 16.9. The largest absolute Gasteiger partial charge is 0.457 e. The average molecular weight is 626 g/mol. The predicted molar refractivity (Wildman–Crippen MR) is 201 cm³/mol. The second kappa shape index (κ2) is 10.8. The number of ether oxygens (including phenoxy) is 1. The van der Waals surface area contributed by atoms with E-state index in [1.54, 1.807) is 0 Å². The maximum Gasteiger partial charge on any atom is 0.132 e. The van der Waals surface area contributed by atoms with Crippen LogP contribution in [0.1, 0.15) is 22.3 Å². The van der Waals surface area contributed by atoms with Crippen LogP contribution in [0.2, 0.25) is 0 Å². The monoisotopic (exact) mass is 625 g/mol. The lowest BCUT2D eigenvalue weighted by Crippen LogP contribution is -2.32. The Morgan fingerprint density at radius 3 is 1.80 bits per heavy atom. The molecule has 1 heterocycles. The number of anilines is 3. The van der Waals surface area contributed by atoms with Gasteiger partial charge in [-0.1, -0.05) is 140 Å². The van der Waals surface area contributed by atoms with Gasteiger partial charge >= 0.3 is 0 Å². The van der Waals surface area contributed by atoms with Crippen molar-refractivity contribution in [2.24, 2.45) is 0 Å². The van der Waals surface area contributed by atoms with Crippen LogP contribution in [0.5, 0.6) is 11.5 Å². The standard InChI is InChI=1S/C47H31NO/c1-3-16-34(17-4-1)48(35-18-5-2-6-19-35)36-27-28-40-39-21-9-10-23-41(39)47(44(40)31-36)42-24-11-12-25-45(42)49-46-30-33(26-29-43(46)47)38-22-13-15-32-14-7-8-20-37(32)38/h1-31H. The van der Waals surface area contributed by atoms with Crippen molar-refractivity contribution in [3.8, 4) is 33.8 Å². The van der Waals surface area contributed by atoms with Crippen LogP contribution in [0.3, 0.4) is 0 Å². The van der Waals surface area contributed by atoms with E-state index in [0.29, 0.717) is 0 Å². The summed E-state index contributed by atoms with van der Waals surface area (Å²) in [5, 5.41) is 2.46. The van der Waals surface area contributed by atoms with Crippen LogP contribution in [0.15, 0.2) is 188 Å². The SMILES string of the molecule is c1ccc(N(c2ccccc2)c2ccc3c(c2)C2(c4ccccc4Oc4cc(-c5cccc6ccccc56)ccc42)c2ccccc2-3)cc1.